The monoisotopic (exact) mass is 315 g/mol. The highest BCUT2D eigenvalue weighted by molar-refractivity contribution is 5.81. The van der Waals surface area contributed by atoms with E-state index in [-0.39, 0.29) is 29.2 Å². The lowest BCUT2D eigenvalue weighted by Crippen LogP contribution is -2.46. The van der Waals surface area contributed by atoms with Crippen molar-refractivity contribution in [1.29, 1.82) is 0 Å². The fraction of sp³-hybridized carbons (Fsp3) is 0.562. The minimum Gasteiger partial charge on any atom is -0.406 e. The molecule has 0 aliphatic carbocycles. The second kappa shape index (κ2) is 5.48. The molecule has 1 saturated heterocycles. The molecule has 0 unspecified atom stereocenters. The van der Waals surface area contributed by atoms with Crippen LogP contribution >= 0.6 is 0 Å². The average molecular weight is 315 g/mol. The van der Waals surface area contributed by atoms with Crippen molar-refractivity contribution in [1.82, 2.24) is 4.90 Å². The maximum absolute atomic E-state index is 12.3. The first-order valence-corrected chi connectivity index (χ1v) is 7.17. The molecule has 122 valence electrons. The molecule has 2 atom stereocenters. The summed E-state index contributed by atoms with van der Waals surface area (Å²) in [4.78, 5) is 14.0. The maximum atomic E-state index is 12.3. The molecule has 6 heteroatoms. The van der Waals surface area contributed by atoms with Crippen molar-refractivity contribution in [2.75, 3.05) is 0 Å². The molecule has 1 aliphatic rings. The fourth-order valence-electron chi connectivity index (χ4n) is 3.19. The molecule has 2 rings (SSSR count). The lowest BCUT2D eigenvalue weighted by Gasteiger charge is -2.37. The Labute approximate surface area is 128 Å². The Morgan fingerprint density at radius 2 is 1.86 bits per heavy atom. The topological polar surface area (TPSA) is 29.5 Å². The van der Waals surface area contributed by atoms with E-state index in [4.69, 9.17) is 0 Å². The molecule has 0 N–H and O–H groups in total. The van der Waals surface area contributed by atoms with E-state index in [0.717, 1.165) is 0 Å². The largest absolute Gasteiger partial charge is 0.573 e. The molecule has 22 heavy (non-hydrogen) atoms. The highest BCUT2D eigenvalue weighted by atomic mass is 19.4. The number of carbonyl (C=O) groups excluding carboxylic acids is 1. The van der Waals surface area contributed by atoms with Gasteiger partial charge in [-0.15, -0.1) is 13.2 Å². The van der Waals surface area contributed by atoms with Crippen molar-refractivity contribution in [2.45, 2.75) is 58.0 Å². The number of ether oxygens (including phenoxy) is 1. The van der Waals surface area contributed by atoms with Gasteiger partial charge >= 0.3 is 6.36 Å². The van der Waals surface area contributed by atoms with Crippen molar-refractivity contribution in [3.8, 4) is 5.75 Å². The Balaban J connectivity index is 2.26. The summed E-state index contributed by atoms with van der Waals surface area (Å²) in [7, 11) is 0. The van der Waals surface area contributed by atoms with E-state index in [0.29, 0.717) is 12.0 Å². The standard InChI is InChI=1S/C16H20F3NO2/c1-10-13(9-14(21)20(10)15(2,3)4)11-6-5-7-12(8-11)22-16(17,18)19/h5-8,10,13H,9H2,1-4H3/t10-,13-/m0/s1. The van der Waals surface area contributed by atoms with Gasteiger partial charge in [0.25, 0.3) is 0 Å². The number of likely N-dealkylation sites (tertiary alicyclic amines) is 1. The van der Waals surface area contributed by atoms with Crippen LogP contribution in [0.15, 0.2) is 24.3 Å². The molecule has 0 saturated carbocycles. The van der Waals surface area contributed by atoms with Crippen LogP contribution in [0.25, 0.3) is 0 Å². The highest BCUT2D eigenvalue weighted by Gasteiger charge is 2.43. The molecule has 1 aromatic rings. The van der Waals surface area contributed by atoms with Gasteiger partial charge in [0.05, 0.1) is 0 Å². The van der Waals surface area contributed by atoms with Gasteiger partial charge in [0.15, 0.2) is 0 Å². The number of amides is 1. The predicted molar refractivity (Wildman–Crippen MR) is 76.5 cm³/mol. The number of hydrogen-bond acceptors (Lipinski definition) is 2. The number of benzene rings is 1. The number of hydrogen-bond donors (Lipinski definition) is 0. The molecular formula is C16H20F3NO2. The van der Waals surface area contributed by atoms with Gasteiger partial charge in [0.2, 0.25) is 5.91 Å². The van der Waals surface area contributed by atoms with Crippen molar-refractivity contribution in [3.05, 3.63) is 29.8 Å². The SMILES string of the molecule is C[C@H]1[C@@H](c2cccc(OC(F)(F)F)c2)CC(=O)N1C(C)(C)C. The molecule has 1 fully saturated rings. The van der Waals surface area contributed by atoms with Gasteiger partial charge in [-0.2, -0.15) is 0 Å². The number of carbonyl (C=O) groups is 1. The van der Waals surface area contributed by atoms with Gasteiger partial charge in [-0.25, -0.2) is 0 Å². The van der Waals surface area contributed by atoms with Crippen molar-refractivity contribution < 1.29 is 22.7 Å². The third kappa shape index (κ3) is 3.54. The zero-order valence-corrected chi connectivity index (χ0v) is 13.1. The van der Waals surface area contributed by atoms with Crippen molar-refractivity contribution in [2.24, 2.45) is 0 Å². The molecule has 1 aromatic carbocycles. The van der Waals surface area contributed by atoms with Gasteiger partial charge in [-0.1, -0.05) is 12.1 Å². The first-order chi connectivity index (χ1) is 9.99. The number of rotatable bonds is 2. The second-order valence-electron chi connectivity index (χ2n) is 6.61. The Bertz CT molecular complexity index is 563. The third-order valence-corrected chi connectivity index (χ3v) is 3.90. The quantitative estimate of drug-likeness (QED) is 0.823. The molecule has 1 amide bonds. The normalized spacial score (nSPS) is 23.0. The van der Waals surface area contributed by atoms with Crippen LogP contribution in [0.3, 0.4) is 0 Å². The molecule has 1 heterocycles. The molecule has 0 bridgehead atoms. The molecular weight excluding hydrogens is 295 g/mol. The van der Waals surface area contributed by atoms with Gasteiger partial charge in [0, 0.05) is 23.9 Å². The number of alkyl halides is 3. The van der Waals surface area contributed by atoms with E-state index in [1.807, 2.05) is 27.7 Å². The third-order valence-electron chi connectivity index (χ3n) is 3.90. The van der Waals surface area contributed by atoms with Gasteiger partial charge in [-0.3, -0.25) is 4.79 Å². The zero-order chi connectivity index (χ0) is 16.7. The van der Waals surface area contributed by atoms with E-state index in [2.05, 4.69) is 4.74 Å². The number of nitrogens with zero attached hydrogens (tertiary/aromatic N) is 1. The van der Waals surface area contributed by atoms with Gasteiger partial charge < -0.3 is 9.64 Å². The molecule has 3 nitrogen and oxygen atoms in total. The summed E-state index contributed by atoms with van der Waals surface area (Å²) >= 11 is 0. The summed E-state index contributed by atoms with van der Waals surface area (Å²) in [6.45, 7) is 7.78. The van der Waals surface area contributed by atoms with E-state index >= 15 is 0 Å². The maximum Gasteiger partial charge on any atom is 0.573 e. The van der Waals surface area contributed by atoms with Crippen LogP contribution in [0.5, 0.6) is 5.75 Å². The van der Waals surface area contributed by atoms with Crippen LogP contribution < -0.4 is 4.74 Å². The van der Waals surface area contributed by atoms with Crippen molar-refractivity contribution in [3.63, 3.8) is 0 Å². The zero-order valence-electron chi connectivity index (χ0n) is 13.1. The summed E-state index contributed by atoms with van der Waals surface area (Å²) < 4.78 is 40.9. The Morgan fingerprint density at radius 3 is 2.36 bits per heavy atom. The Kier molecular flexibility index (Phi) is 4.15. The first kappa shape index (κ1) is 16.6. The molecule has 0 spiro atoms. The van der Waals surface area contributed by atoms with E-state index < -0.39 is 6.36 Å². The lowest BCUT2D eigenvalue weighted by atomic mass is 9.91. The molecule has 0 radical (unpaired) electrons. The van der Waals surface area contributed by atoms with Crippen molar-refractivity contribution >= 4 is 5.91 Å². The van der Waals surface area contributed by atoms with Crippen LogP contribution in [0.1, 0.15) is 45.6 Å². The van der Waals surface area contributed by atoms with Crippen LogP contribution in [-0.2, 0) is 4.79 Å². The second-order valence-corrected chi connectivity index (χ2v) is 6.61. The molecule has 1 aliphatic heterocycles. The van der Waals surface area contributed by atoms with Crippen LogP contribution in [-0.4, -0.2) is 28.8 Å². The minimum atomic E-state index is -4.72. The Hall–Kier alpha value is -1.72. The average Bonchev–Trinajstić information content (AvgIpc) is 2.62. The summed E-state index contributed by atoms with van der Waals surface area (Å²) in [6, 6.07) is 5.82. The molecule has 0 aromatic heterocycles. The summed E-state index contributed by atoms with van der Waals surface area (Å²) in [6.07, 6.45) is -4.42. The smallest absolute Gasteiger partial charge is 0.406 e. The van der Waals surface area contributed by atoms with Crippen LogP contribution in [0.2, 0.25) is 0 Å². The van der Waals surface area contributed by atoms with E-state index in [9.17, 15) is 18.0 Å². The lowest BCUT2D eigenvalue weighted by molar-refractivity contribution is -0.274. The van der Waals surface area contributed by atoms with E-state index in [1.165, 1.54) is 18.2 Å². The minimum absolute atomic E-state index is 0.0205. The van der Waals surface area contributed by atoms with Crippen LogP contribution in [0.4, 0.5) is 13.2 Å². The first-order valence-electron chi connectivity index (χ1n) is 7.17. The van der Waals surface area contributed by atoms with Gasteiger partial charge in [0.1, 0.15) is 5.75 Å². The highest BCUT2D eigenvalue weighted by Crippen LogP contribution is 2.39. The Morgan fingerprint density at radius 1 is 1.23 bits per heavy atom. The number of halogens is 3. The predicted octanol–water partition coefficient (Wildman–Crippen LogP) is 4.09. The summed E-state index contributed by atoms with van der Waals surface area (Å²) in [5.74, 6) is -0.366. The van der Waals surface area contributed by atoms with Gasteiger partial charge in [-0.05, 0) is 45.4 Å². The summed E-state index contributed by atoms with van der Waals surface area (Å²) in [5, 5.41) is 0. The fourth-order valence-corrected chi connectivity index (χ4v) is 3.19. The summed E-state index contributed by atoms with van der Waals surface area (Å²) in [5.41, 5.74) is 0.375. The van der Waals surface area contributed by atoms with Crippen LogP contribution in [0, 0.1) is 0 Å². The van der Waals surface area contributed by atoms with E-state index in [1.54, 1.807) is 11.0 Å².